The minimum atomic E-state index is -4.49. The maximum Gasteiger partial charge on any atom is 0.416 e. The van der Waals surface area contributed by atoms with Crippen LogP contribution in [0.4, 0.5) is 13.2 Å². The van der Waals surface area contributed by atoms with E-state index < -0.39 is 24.1 Å². The van der Waals surface area contributed by atoms with Gasteiger partial charge in [-0.25, -0.2) is 4.79 Å². The minimum Gasteiger partial charge on any atom is -0.507 e. The molecule has 2 aromatic carbocycles. The Kier molecular flexibility index (Phi) is 6.71. The zero-order chi connectivity index (χ0) is 18.6. The first kappa shape index (κ1) is 21.0. The third-order valence-electron chi connectivity index (χ3n) is 3.60. The molecule has 0 aliphatic rings. The molecule has 2 rings (SSSR count). The SMILES string of the molecule is O.O=C=CCc1ccc(CC(=O)O)c(O)c1-c1ccc(C(F)(F)F)cc1. The lowest BCUT2D eigenvalue weighted by atomic mass is 9.92. The van der Waals surface area contributed by atoms with Gasteiger partial charge >= 0.3 is 12.1 Å². The van der Waals surface area contributed by atoms with Gasteiger partial charge in [0.2, 0.25) is 0 Å². The lowest BCUT2D eigenvalue weighted by molar-refractivity contribution is -0.138. The fourth-order valence-corrected chi connectivity index (χ4v) is 2.45. The molecule has 0 spiro atoms. The Morgan fingerprint density at radius 2 is 1.65 bits per heavy atom. The number of phenolic OH excluding ortho intramolecular Hbond substituents is 1. The number of allylic oxidation sites excluding steroid dienone is 1. The number of carbonyl (C=O) groups is 1. The summed E-state index contributed by atoms with van der Waals surface area (Å²) in [6.07, 6.45) is -3.67. The molecular weight excluding hydrogens is 353 g/mol. The van der Waals surface area contributed by atoms with Crippen LogP contribution in [-0.2, 0) is 28.6 Å². The summed E-state index contributed by atoms with van der Waals surface area (Å²) in [5, 5.41) is 19.3. The van der Waals surface area contributed by atoms with Crippen LogP contribution in [-0.4, -0.2) is 27.6 Å². The number of rotatable bonds is 5. The molecule has 0 radical (unpaired) electrons. The molecule has 0 unspecified atom stereocenters. The van der Waals surface area contributed by atoms with E-state index >= 15 is 0 Å². The smallest absolute Gasteiger partial charge is 0.416 e. The van der Waals surface area contributed by atoms with E-state index in [2.05, 4.69) is 0 Å². The van der Waals surface area contributed by atoms with Crippen molar-refractivity contribution < 1.29 is 38.4 Å². The van der Waals surface area contributed by atoms with Crippen molar-refractivity contribution in [1.82, 2.24) is 0 Å². The Bertz CT molecular complexity index is 835. The molecule has 138 valence electrons. The van der Waals surface area contributed by atoms with Gasteiger partial charge in [-0.05, 0) is 23.3 Å². The van der Waals surface area contributed by atoms with E-state index in [1.54, 1.807) is 5.94 Å². The second-order valence-corrected chi connectivity index (χ2v) is 5.28. The number of hydrogen-bond acceptors (Lipinski definition) is 3. The first-order valence-corrected chi connectivity index (χ1v) is 7.16. The number of carboxylic acids is 1. The van der Waals surface area contributed by atoms with Gasteiger partial charge in [0, 0.05) is 23.6 Å². The van der Waals surface area contributed by atoms with Crippen molar-refractivity contribution in [3.63, 3.8) is 0 Å². The Labute approximate surface area is 146 Å². The molecular formula is C18H15F3O5. The van der Waals surface area contributed by atoms with Crippen LogP contribution in [0.3, 0.4) is 0 Å². The number of phenols is 1. The van der Waals surface area contributed by atoms with E-state index in [1.807, 2.05) is 0 Å². The number of benzene rings is 2. The number of aliphatic carboxylic acids is 1. The predicted molar refractivity (Wildman–Crippen MR) is 87.5 cm³/mol. The molecule has 4 N–H and O–H groups in total. The third-order valence-corrected chi connectivity index (χ3v) is 3.60. The van der Waals surface area contributed by atoms with Gasteiger partial charge in [0.05, 0.1) is 12.0 Å². The van der Waals surface area contributed by atoms with Crippen molar-refractivity contribution in [3.8, 4) is 16.9 Å². The highest BCUT2D eigenvalue weighted by Gasteiger charge is 2.30. The van der Waals surface area contributed by atoms with E-state index in [4.69, 9.17) is 5.11 Å². The molecule has 0 aliphatic heterocycles. The molecule has 0 saturated carbocycles. The van der Waals surface area contributed by atoms with Crippen LogP contribution >= 0.6 is 0 Å². The van der Waals surface area contributed by atoms with Crippen LogP contribution in [0.1, 0.15) is 16.7 Å². The average molecular weight is 368 g/mol. The summed E-state index contributed by atoms with van der Waals surface area (Å²) in [4.78, 5) is 21.3. The van der Waals surface area contributed by atoms with Crippen molar-refractivity contribution in [2.24, 2.45) is 0 Å². The molecule has 0 amide bonds. The first-order valence-electron chi connectivity index (χ1n) is 7.16. The molecule has 0 atom stereocenters. The monoisotopic (exact) mass is 368 g/mol. The minimum absolute atomic E-state index is 0. The largest absolute Gasteiger partial charge is 0.507 e. The zero-order valence-corrected chi connectivity index (χ0v) is 13.3. The maximum atomic E-state index is 12.7. The molecule has 0 heterocycles. The predicted octanol–water partition coefficient (Wildman–Crippen LogP) is 2.81. The number of alkyl halides is 3. The van der Waals surface area contributed by atoms with E-state index in [1.165, 1.54) is 30.3 Å². The molecule has 0 aromatic heterocycles. The van der Waals surface area contributed by atoms with Crippen LogP contribution in [0.25, 0.3) is 11.1 Å². The van der Waals surface area contributed by atoms with Crippen LogP contribution in [0.5, 0.6) is 5.75 Å². The van der Waals surface area contributed by atoms with E-state index in [0.717, 1.165) is 12.1 Å². The van der Waals surface area contributed by atoms with Gasteiger partial charge in [-0.2, -0.15) is 13.2 Å². The highest BCUT2D eigenvalue weighted by molar-refractivity contribution is 5.79. The maximum absolute atomic E-state index is 12.7. The molecule has 8 heteroatoms. The van der Waals surface area contributed by atoms with Gasteiger partial charge < -0.3 is 15.7 Å². The summed E-state index contributed by atoms with van der Waals surface area (Å²) < 4.78 is 38.1. The van der Waals surface area contributed by atoms with Crippen molar-refractivity contribution >= 4 is 11.9 Å². The first-order chi connectivity index (χ1) is 11.7. The van der Waals surface area contributed by atoms with Crippen molar-refractivity contribution in [3.05, 3.63) is 59.2 Å². The van der Waals surface area contributed by atoms with E-state index in [9.17, 15) is 27.9 Å². The fourth-order valence-electron chi connectivity index (χ4n) is 2.45. The van der Waals surface area contributed by atoms with Gasteiger partial charge in [-0.1, -0.05) is 24.3 Å². The van der Waals surface area contributed by atoms with Crippen molar-refractivity contribution in [2.75, 3.05) is 0 Å². The number of carbonyl (C=O) groups excluding carboxylic acids is 1. The van der Waals surface area contributed by atoms with Crippen LogP contribution in [0.15, 0.2) is 42.5 Å². The lowest BCUT2D eigenvalue weighted by Gasteiger charge is -2.15. The Hall–Kier alpha value is -3.09. The molecule has 26 heavy (non-hydrogen) atoms. The highest BCUT2D eigenvalue weighted by atomic mass is 19.4. The Balaban J connectivity index is 0.00000338. The third kappa shape index (κ3) is 4.72. The van der Waals surface area contributed by atoms with Gasteiger partial charge in [0.1, 0.15) is 11.7 Å². The molecule has 2 aromatic rings. The zero-order valence-electron chi connectivity index (χ0n) is 13.3. The van der Waals surface area contributed by atoms with Crippen molar-refractivity contribution in [1.29, 1.82) is 0 Å². The van der Waals surface area contributed by atoms with E-state index in [0.29, 0.717) is 5.56 Å². The van der Waals surface area contributed by atoms with Crippen LogP contribution in [0.2, 0.25) is 0 Å². The number of hydrogen-bond donors (Lipinski definition) is 2. The Morgan fingerprint density at radius 3 is 2.15 bits per heavy atom. The van der Waals surface area contributed by atoms with Crippen molar-refractivity contribution in [2.45, 2.75) is 19.0 Å². The quantitative estimate of drug-likeness (QED) is 0.792. The molecule has 0 fully saturated rings. The summed E-state index contributed by atoms with van der Waals surface area (Å²) in [7, 11) is 0. The van der Waals surface area contributed by atoms with Gasteiger partial charge in [0.25, 0.3) is 0 Å². The second kappa shape index (κ2) is 8.33. The Morgan fingerprint density at radius 1 is 1.08 bits per heavy atom. The fraction of sp³-hybridized carbons (Fsp3) is 0.167. The molecule has 0 bridgehead atoms. The number of aromatic hydroxyl groups is 1. The van der Waals surface area contributed by atoms with Gasteiger partial charge in [0.15, 0.2) is 0 Å². The standard InChI is InChI=1S/C18H13F3O4.H2O/c19-18(20,21)14-7-5-12(6-8-14)16-11(2-1-9-22)3-4-13(17(16)25)10-15(23)24;/h1,3-8,25H,2,10H2,(H,23,24);1H2. The van der Waals surface area contributed by atoms with Gasteiger partial charge in [-0.15, -0.1) is 0 Å². The topological polar surface area (TPSA) is 106 Å². The lowest BCUT2D eigenvalue weighted by Crippen LogP contribution is -2.04. The summed E-state index contributed by atoms with van der Waals surface area (Å²) in [5.41, 5.74) is 0.230. The normalized spacial score (nSPS) is 10.6. The number of halogens is 3. The average Bonchev–Trinajstić information content (AvgIpc) is 2.54. The van der Waals surface area contributed by atoms with Crippen LogP contribution < -0.4 is 0 Å². The summed E-state index contributed by atoms with van der Waals surface area (Å²) in [6, 6.07) is 7.06. The summed E-state index contributed by atoms with van der Waals surface area (Å²) in [6.45, 7) is 0. The molecule has 0 aliphatic carbocycles. The number of carboxylic acid groups (broad SMARTS) is 1. The second-order valence-electron chi connectivity index (χ2n) is 5.28. The van der Waals surface area contributed by atoms with Gasteiger partial charge in [-0.3, -0.25) is 4.79 Å². The van der Waals surface area contributed by atoms with E-state index in [-0.39, 0.29) is 34.3 Å². The highest BCUT2D eigenvalue weighted by Crippen LogP contribution is 2.38. The summed E-state index contributed by atoms with van der Waals surface area (Å²) in [5.74, 6) is 0.0982. The van der Waals surface area contributed by atoms with Crippen LogP contribution in [0, 0.1) is 0 Å². The molecule has 0 saturated heterocycles. The molecule has 5 nitrogen and oxygen atoms in total. The summed E-state index contributed by atoms with van der Waals surface area (Å²) >= 11 is 0.